The maximum atomic E-state index is 6.66. The van der Waals surface area contributed by atoms with E-state index in [1.165, 1.54) is 60.8 Å². The van der Waals surface area contributed by atoms with Gasteiger partial charge in [0.05, 0.1) is 41.0 Å². The molecule has 8 heteroatoms. The second-order valence-electron chi connectivity index (χ2n) is 18.4. The fourth-order valence-corrected chi connectivity index (χ4v) is 8.44. The lowest BCUT2D eigenvalue weighted by Gasteiger charge is -2.34. The van der Waals surface area contributed by atoms with Crippen LogP contribution in [-0.4, -0.2) is 49.9 Å². The zero-order chi connectivity index (χ0) is 40.6. The SMILES string of the molecule is CCCCCCOc1ccc(C2(c3ccc(OCCCCCC)cc3)c3cc(B4OC(C)(C)C(C)(C)O4)ccc3-c3ccc(B4OC(C)(C)C(C)(C)O4)cc32)cc1. The van der Waals surface area contributed by atoms with Crippen molar-refractivity contribution in [2.75, 3.05) is 13.2 Å². The predicted octanol–water partition coefficient (Wildman–Crippen LogP) is 10.6. The van der Waals surface area contributed by atoms with Crippen LogP contribution in [0.1, 0.15) is 143 Å². The van der Waals surface area contributed by atoms with Crippen molar-refractivity contribution in [3.63, 3.8) is 0 Å². The standard InChI is InChI=1S/C49H64B2O6/c1-11-13-15-17-31-52-39-25-19-35(20-26-39)49(36-21-27-40(28-22-36)53-32-18-16-14-12-2)43-33-37(50-54-45(3,4)46(5,6)55-50)23-29-41(43)42-30-24-38(34-44(42)49)51-56-47(7,8)48(9,10)57-51/h19-30,33-34H,11-18,31-32H2,1-10H3. The van der Waals surface area contributed by atoms with E-state index < -0.39 is 42.1 Å². The monoisotopic (exact) mass is 770 g/mol. The summed E-state index contributed by atoms with van der Waals surface area (Å²) in [6.07, 6.45) is 9.34. The van der Waals surface area contributed by atoms with Gasteiger partial charge in [-0.05, 0) is 137 Å². The zero-order valence-electron chi connectivity index (χ0n) is 36.3. The molecule has 0 saturated carbocycles. The molecular formula is C49H64B2O6. The van der Waals surface area contributed by atoms with E-state index in [-0.39, 0.29) is 0 Å². The highest BCUT2D eigenvalue weighted by Gasteiger charge is 2.55. The largest absolute Gasteiger partial charge is 0.494 e. The van der Waals surface area contributed by atoms with Gasteiger partial charge in [-0.2, -0.15) is 0 Å². The number of ether oxygens (including phenoxy) is 2. The van der Waals surface area contributed by atoms with Crippen LogP contribution in [0.25, 0.3) is 11.1 Å². The second-order valence-corrected chi connectivity index (χ2v) is 18.4. The van der Waals surface area contributed by atoms with Gasteiger partial charge < -0.3 is 28.1 Å². The second kappa shape index (κ2) is 16.2. The van der Waals surface area contributed by atoms with E-state index in [0.29, 0.717) is 13.2 Å². The molecule has 2 heterocycles. The fraction of sp³-hybridized carbons (Fsp3) is 0.510. The first-order valence-electron chi connectivity index (χ1n) is 21.6. The number of hydrogen-bond acceptors (Lipinski definition) is 6. The first kappa shape index (κ1) is 41.6. The number of unbranched alkanes of at least 4 members (excludes halogenated alkanes) is 6. The molecule has 0 spiro atoms. The van der Waals surface area contributed by atoms with Crippen molar-refractivity contribution in [1.29, 1.82) is 0 Å². The van der Waals surface area contributed by atoms with Gasteiger partial charge in [0, 0.05) is 0 Å². The lowest BCUT2D eigenvalue weighted by molar-refractivity contribution is 0.00578. The molecule has 2 saturated heterocycles. The molecule has 4 aromatic rings. The molecule has 0 amide bonds. The first-order valence-corrected chi connectivity index (χ1v) is 21.6. The number of rotatable bonds is 16. The van der Waals surface area contributed by atoms with Gasteiger partial charge in [-0.3, -0.25) is 0 Å². The minimum atomic E-state index is -0.705. The molecule has 0 unspecified atom stereocenters. The molecule has 302 valence electrons. The van der Waals surface area contributed by atoms with Gasteiger partial charge in [0.25, 0.3) is 0 Å². The van der Waals surface area contributed by atoms with Crippen molar-refractivity contribution < 1.29 is 28.1 Å². The maximum absolute atomic E-state index is 6.66. The predicted molar refractivity (Wildman–Crippen MR) is 234 cm³/mol. The molecule has 0 aromatic heterocycles. The maximum Gasteiger partial charge on any atom is 0.494 e. The topological polar surface area (TPSA) is 55.4 Å². The first-order chi connectivity index (χ1) is 27.1. The average molecular weight is 771 g/mol. The zero-order valence-corrected chi connectivity index (χ0v) is 36.3. The summed E-state index contributed by atoms with van der Waals surface area (Å²) in [5, 5.41) is 0. The van der Waals surface area contributed by atoms with Crippen LogP contribution in [0.3, 0.4) is 0 Å². The third-order valence-corrected chi connectivity index (χ3v) is 13.3. The Morgan fingerprint density at radius 1 is 0.439 bits per heavy atom. The highest BCUT2D eigenvalue weighted by atomic mass is 16.7. The van der Waals surface area contributed by atoms with E-state index >= 15 is 0 Å². The molecule has 0 bridgehead atoms. The molecule has 1 aliphatic carbocycles. The summed E-state index contributed by atoms with van der Waals surface area (Å²) in [7, 11) is -1.01. The Balaban J connectivity index is 1.38. The molecule has 3 aliphatic rings. The minimum Gasteiger partial charge on any atom is -0.494 e. The van der Waals surface area contributed by atoms with E-state index in [2.05, 4.69) is 154 Å². The third kappa shape index (κ3) is 7.84. The minimum absolute atomic E-state index is 0.465. The Morgan fingerprint density at radius 3 is 1.12 bits per heavy atom. The van der Waals surface area contributed by atoms with Crippen molar-refractivity contribution in [2.45, 2.75) is 148 Å². The van der Waals surface area contributed by atoms with Crippen molar-refractivity contribution in [1.82, 2.24) is 0 Å². The molecule has 0 N–H and O–H groups in total. The summed E-state index contributed by atoms with van der Waals surface area (Å²) >= 11 is 0. The highest BCUT2D eigenvalue weighted by Crippen LogP contribution is 2.56. The Bertz CT molecular complexity index is 1820. The summed E-state index contributed by atoms with van der Waals surface area (Å²) in [5.74, 6) is 1.76. The smallest absolute Gasteiger partial charge is 0.494 e. The summed E-state index contributed by atoms with van der Waals surface area (Å²) in [6, 6.07) is 31.1. The van der Waals surface area contributed by atoms with Crippen LogP contribution in [0.2, 0.25) is 0 Å². The number of hydrogen-bond donors (Lipinski definition) is 0. The summed E-state index contributed by atoms with van der Waals surface area (Å²) in [4.78, 5) is 0. The molecule has 2 aliphatic heterocycles. The molecule has 2 fully saturated rings. The Hall–Kier alpha value is -3.55. The summed E-state index contributed by atoms with van der Waals surface area (Å²) in [6.45, 7) is 22.8. The number of fused-ring (bicyclic) bond motifs is 3. The van der Waals surface area contributed by atoms with Gasteiger partial charge in [0.2, 0.25) is 0 Å². The van der Waals surface area contributed by atoms with E-state index in [9.17, 15) is 0 Å². The van der Waals surface area contributed by atoms with Crippen molar-refractivity contribution in [3.8, 4) is 22.6 Å². The van der Waals surface area contributed by atoms with Crippen LogP contribution >= 0.6 is 0 Å². The van der Waals surface area contributed by atoms with Gasteiger partial charge in [-0.1, -0.05) is 113 Å². The van der Waals surface area contributed by atoms with Crippen molar-refractivity contribution in [2.24, 2.45) is 0 Å². The average Bonchev–Trinajstić information content (AvgIpc) is 3.69. The molecule has 0 atom stereocenters. The lowest BCUT2D eigenvalue weighted by Crippen LogP contribution is -2.41. The normalized spacial score (nSPS) is 19.4. The van der Waals surface area contributed by atoms with Gasteiger partial charge in [-0.25, -0.2) is 0 Å². The van der Waals surface area contributed by atoms with Gasteiger partial charge in [0.1, 0.15) is 11.5 Å². The third-order valence-electron chi connectivity index (χ3n) is 13.3. The Morgan fingerprint density at radius 2 is 0.789 bits per heavy atom. The summed E-state index contributed by atoms with van der Waals surface area (Å²) in [5.41, 5.74) is 6.43. The fourth-order valence-electron chi connectivity index (χ4n) is 8.44. The van der Waals surface area contributed by atoms with Crippen molar-refractivity contribution in [3.05, 3.63) is 107 Å². The molecule has 6 nitrogen and oxygen atoms in total. The van der Waals surface area contributed by atoms with Gasteiger partial charge >= 0.3 is 14.2 Å². The highest BCUT2D eigenvalue weighted by molar-refractivity contribution is 6.62. The Labute approximate surface area is 343 Å². The quantitative estimate of drug-likeness (QED) is 0.0736. The summed E-state index contributed by atoms with van der Waals surface area (Å²) < 4.78 is 39.2. The van der Waals surface area contributed by atoms with Crippen LogP contribution in [-0.2, 0) is 24.0 Å². The van der Waals surface area contributed by atoms with Crippen LogP contribution in [0.5, 0.6) is 11.5 Å². The van der Waals surface area contributed by atoms with Crippen LogP contribution in [0.15, 0.2) is 84.9 Å². The Kier molecular flexibility index (Phi) is 11.9. The van der Waals surface area contributed by atoms with Gasteiger partial charge in [0.15, 0.2) is 0 Å². The van der Waals surface area contributed by atoms with E-state index in [1.54, 1.807) is 0 Å². The van der Waals surface area contributed by atoms with E-state index in [4.69, 9.17) is 28.1 Å². The van der Waals surface area contributed by atoms with Crippen LogP contribution in [0, 0.1) is 0 Å². The van der Waals surface area contributed by atoms with Gasteiger partial charge in [-0.15, -0.1) is 0 Å². The number of benzene rings is 4. The van der Waals surface area contributed by atoms with Crippen molar-refractivity contribution >= 4 is 25.2 Å². The molecule has 7 rings (SSSR count). The molecule has 57 heavy (non-hydrogen) atoms. The molecule has 0 radical (unpaired) electrons. The lowest BCUT2D eigenvalue weighted by atomic mass is 9.65. The molecule has 4 aromatic carbocycles. The van der Waals surface area contributed by atoms with Crippen LogP contribution < -0.4 is 20.4 Å². The van der Waals surface area contributed by atoms with E-state index in [1.807, 2.05) is 0 Å². The van der Waals surface area contributed by atoms with E-state index in [0.717, 1.165) is 46.4 Å². The molecular weight excluding hydrogens is 706 g/mol. The van der Waals surface area contributed by atoms with Crippen LogP contribution in [0.4, 0.5) is 0 Å².